The molecule has 100 valence electrons. The second kappa shape index (κ2) is 5.72. The molecule has 18 heavy (non-hydrogen) atoms. The summed E-state index contributed by atoms with van der Waals surface area (Å²) in [7, 11) is -1.11. The van der Waals surface area contributed by atoms with Gasteiger partial charge in [-0.1, -0.05) is 37.6 Å². The van der Waals surface area contributed by atoms with Crippen molar-refractivity contribution in [2.24, 2.45) is 17.6 Å². The lowest BCUT2D eigenvalue weighted by Gasteiger charge is -2.37. The third-order valence-electron chi connectivity index (χ3n) is 3.73. The first-order valence-electron chi connectivity index (χ1n) is 6.41. The molecular formula is C14H20ClNOS. The van der Waals surface area contributed by atoms with Crippen LogP contribution in [0.15, 0.2) is 29.2 Å². The number of rotatable bonds is 2. The van der Waals surface area contributed by atoms with Gasteiger partial charge in [-0.3, -0.25) is 4.21 Å². The van der Waals surface area contributed by atoms with E-state index in [1.54, 1.807) is 6.07 Å². The smallest absolute Gasteiger partial charge is 0.0594 e. The molecule has 4 heteroatoms. The Balaban J connectivity index is 2.26. The molecule has 1 fully saturated rings. The molecule has 0 heterocycles. The summed E-state index contributed by atoms with van der Waals surface area (Å²) >= 11 is 6.13. The van der Waals surface area contributed by atoms with E-state index in [2.05, 4.69) is 13.8 Å². The maximum absolute atomic E-state index is 12.7. The highest BCUT2D eigenvalue weighted by Crippen LogP contribution is 2.34. The minimum Gasteiger partial charge on any atom is -0.327 e. The first-order chi connectivity index (χ1) is 8.50. The van der Waals surface area contributed by atoms with E-state index in [1.807, 2.05) is 18.2 Å². The second-order valence-corrected chi connectivity index (χ2v) is 7.40. The first kappa shape index (κ1) is 14.0. The summed E-state index contributed by atoms with van der Waals surface area (Å²) in [6, 6.07) is 7.36. The predicted molar refractivity (Wildman–Crippen MR) is 77.2 cm³/mol. The van der Waals surface area contributed by atoms with Gasteiger partial charge >= 0.3 is 0 Å². The lowest BCUT2D eigenvalue weighted by molar-refractivity contribution is 0.275. The molecule has 1 aromatic carbocycles. The van der Waals surface area contributed by atoms with Crippen molar-refractivity contribution in [1.29, 1.82) is 0 Å². The quantitative estimate of drug-likeness (QED) is 0.907. The lowest BCUT2D eigenvalue weighted by atomic mass is 9.80. The fraction of sp³-hybridized carbons (Fsp3) is 0.571. The number of hydrogen-bond acceptors (Lipinski definition) is 2. The van der Waals surface area contributed by atoms with Crippen molar-refractivity contribution < 1.29 is 4.21 Å². The van der Waals surface area contributed by atoms with Gasteiger partial charge in [-0.2, -0.15) is 0 Å². The number of halogens is 1. The highest BCUT2D eigenvalue weighted by molar-refractivity contribution is 7.86. The SMILES string of the molecule is CC1CC(C)C(S(=O)c2ccccc2Cl)C(N)C1. The van der Waals surface area contributed by atoms with Crippen molar-refractivity contribution >= 4 is 22.4 Å². The molecule has 1 aromatic rings. The Bertz CT molecular complexity index is 439. The summed E-state index contributed by atoms with van der Waals surface area (Å²) in [5.74, 6) is 0.996. The molecule has 5 atom stereocenters. The van der Waals surface area contributed by atoms with Crippen LogP contribution in [0.1, 0.15) is 26.7 Å². The van der Waals surface area contributed by atoms with E-state index < -0.39 is 10.8 Å². The van der Waals surface area contributed by atoms with E-state index in [4.69, 9.17) is 17.3 Å². The van der Waals surface area contributed by atoms with Crippen LogP contribution in [0.25, 0.3) is 0 Å². The summed E-state index contributed by atoms with van der Waals surface area (Å²) in [5.41, 5.74) is 6.21. The van der Waals surface area contributed by atoms with Crippen molar-refractivity contribution in [2.75, 3.05) is 0 Å². The summed E-state index contributed by atoms with van der Waals surface area (Å²) in [6.45, 7) is 4.36. The summed E-state index contributed by atoms with van der Waals surface area (Å²) in [4.78, 5) is 0.723. The van der Waals surface area contributed by atoms with Crippen LogP contribution in [0.3, 0.4) is 0 Å². The molecule has 0 spiro atoms. The minimum absolute atomic E-state index is 0.000793. The van der Waals surface area contributed by atoms with Crippen LogP contribution in [-0.4, -0.2) is 15.5 Å². The third-order valence-corrected chi connectivity index (χ3v) is 6.27. The fourth-order valence-electron chi connectivity index (χ4n) is 3.01. The van der Waals surface area contributed by atoms with Crippen molar-refractivity contribution in [3.8, 4) is 0 Å². The highest BCUT2D eigenvalue weighted by atomic mass is 35.5. The molecule has 1 aliphatic rings. The monoisotopic (exact) mass is 285 g/mol. The van der Waals surface area contributed by atoms with Gasteiger partial charge in [0.05, 0.1) is 26.0 Å². The largest absolute Gasteiger partial charge is 0.327 e. The van der Waals surface area contributed by atoms with E-state index in [9.17, 15) is 4.21 Å². The maximum atomic E-state index is 12.7. The van der Waals surface area contributed by atoms with Crippen LogP contribution in [0, 0.1) is 11.8 Å². The Labute approximate surface area is 116 Å². The Morgan fingerprint density at radius 2 is 1.94 bits per heavy atom. The molecule has 2 rings (SSSR count). The second-order valence-electron chi connectivity index (χ2n) is 5.41. The van der Waals surface area contributed by atoms with Gasteiger partial charge in [0.1, 0.15) is 0 Å². The molecule has 0 amide bonds. The van der Waals surface area contributed by atoms with Crippen LogP contribution in [0.4, 0.5) is 0 Å². The lowest BCUT2D eigenvalue weighted by Crippen LogP contribution is -2.47. The molecule has 0 saturated heterocycles. The van der Waals surface area contributed by atoms with Gasteiger partial charge in [-0.05, 0) is 36.8 Å². The third kappa shape index (κ3) is 2.79. The van der Waals surface area contributed by atoms with Gasteiger partial charge in [-0.25, -0.2) is 0 Å². The zero-order valence-electron chi connectivity index (χ0n) is 10.8. The highest BCUT2D eigenvalue weighted by Gasteiger charge is 2.36. The summed E-state index contributed by atoms with van der Waals surface area (Å²) in [5, 5.41) is 0.593. The number of nitrogens with two attached hydrogens (primary N) is 1. The van der Waals surface area contributed by atoms with Crippen LogP contribution < -0.4 is 5.73 Å². The van der Waals surface area contributed by atoms with E-state index >= 15 is 0 Å². The summed E-state index contributed by atoms with van der Waals surface area (Å²) in [6.07, 6.45) is 2.04. The van der Waals surface area contributed by atoms with Crippen LogP contribution >= 0.6 is 11.6 Å². The zero-order valence-corrected chi connectivity index (χ0v) is 12.4. The fourth-order valence-corrected chi connectivity index (χ4v) is 5.10. The molecule has 0 bridgehead atoms. The molecular weight excluding hydrogens is 266 g/mol. The number of hydrogen-bond donors (Lipinski definition) is 1. The normalized spacial score (nSPS) is 34.2. The number of benzene rings is 1. The molecule has 5 unspecified atom stereocenters. The maximum Gasteiger partial charge on any atom is 0.0594 e. The van der Waals surface area contributed by atoms with Crippen LogP contribution in [0.5, 0.6) is 0 Å². The molecule has 0 aliphatic heterocycles. The standard InChI is InChI=1S/C14H20ClNOS/c1-9-7-10(2)14(12(16)8-9)18(17)13-6-4-3-5-11(13)15/h3-6,9-10,12,14H,7-8,16H2,1-2H3. The Hall–Kier alpha value is -0.380. The van der Waals surface area contributed by atoms with Crippen molar-refractivity contribution in [3.05, 3.63) is 29.3 Å². The van der Waals surface area contributed by atoms with Crippen molar-refractivity contribution in [1.82, 2.24) is 0 Å². The molecule has 2 N–H and O–H groups in total. The van der Waals surface area contributed by atoms with Crippen LogP contribution in [-0.2, 0) is 10.8 Å². The molecule has 0 radical (unpaired) electrons. The van der Waals surface area contributed by atoms with E-state index in [-0.39, 0.29) is 11.3 Å². The Kier molecular flexibility index (Phi) is 4.46. The van der Waals surface area contributed by atoms with Crippen molar-refractivity contribution in [3.63, 3.8) is 0 Å². The van der Waals surface area contributed by atoms with Gasteiger partial charge in [0.25, 0.3) is 0 Å². The van der Waals surface area contributed by atoms with Crippen molar-refractivity contribution in [2.45, 2.75) is 42.9 Å². The molecule has 1 saturated carbocycles. The molecule has 0 aromatic heterocycles. The van der Waals surface area contributed by atoms with Gasteiger partial charge in [0.2, 0.25) is 0 Å². The van der Waals surface area contributed by atoms with Gasteiger partial charge in [-0.15, -0.1) is 0 Å². The average molecular weight is 286 g/mol. The molecule has 2 nitrogen and oxygen atoms in total. The van der Waals surface area contributed by atoms with Crippen LogP contribution in [0.2, 0.25) is 5.02 Å². The van der Waals surface area contributed by atoms with Gasteiger partial charge in [0.15, 0.2) is 0 Å². The zero-order chi connectivity index (χ0) is 13.3. The predicted octanol–water partition coefficient (Wildman–Crippen LogP) is 3.21. The van der Waals surface area contributed by atoms with E-state index in [0.717, 1.165) is 17.7 Å². The topological polar surface area (TPSA) is 43.1 Å². The minimum atomic E-state index is -1.11. The Morgan fingerprint density at radius 3 is 2.56 bits per heavy atom. The average Bonchev–Trinajstić information content (AvgIpc) is 2.27. The van der Waals surface area contributed by atoms with E-state index in [1.165, 1.54) is 0 Å². The first-order valence-corrected chi connectivity index (χ1v) is 8.00. The Morgan fingerprint density at radius 1 is 1.28 bits per heavy atom. The summed E-state index contributed by atoms with van der Waals surface area (Å²) < 4.78 is 12.7. The molecule has 1 aliphatic carbocycles. The van der Waals surface area contributed by atoms with E-state index in [0.29, 0.717) is 16.9 Å². The van der Waals surface area contributed by atoms with Gasteiger partial charge in [0, 0.05) is 6.04 Å². The van der Waals surface area contributed by atoms with Gasteiger partial charge < -0.3 is 5.73 Å².